The van der Waals surface area contributed by atoms with Gasteiger partial charge in [0.05, 0.1) is 0 Å². The van der Waals surface area contributed by atoms with Gasteiger partial charge in [-0.1, -0.05) is 6.07 Å². The van der Waals surface area contributed by atoms with Crippen molar-refractivity contribution in [3.8, 4) is 0 Å². The van der Waals surface area contributed by atoms with Gasteiger partial charge in [0.1, 0.15) is 0 Å². The van der Waals surface area contributed by atoms with Crippen molar-refractivity contribution in [3.63, 3.8) is 0 Å². The number of nitrogens with one attached hydrogen (secondary N) is 2. The molecule has 3 rings (SSSR count). The summed E-state index contributed by atoms with van der Waals surface area (Å²) in [6, 6.07) is 9.38. The van der Waals surface area contributed by atoms with Gasteiger partial charge >= 0.3 is 0 Å². The number of piperazine rings is 1. The van der Waals surface area contributed by atoms with Gasteiger partial charge in [0.15, 0.2) is 0 Å². The van der Waals surface area contributed by atoms with E-state index in [-0.39, 0.29) is 0 Å². The SMILES string of the molecule is C[C@@H](c1ccc2[nH]ccc2c1)N1CCNCC1. The maximum absolute atomic E-state index is 3.40. The van der Waals surface area contributed by atoms with Crippen LogP contribution in [-0.2, 0) is 0 Å². The van der Waals surface area contributed by atoms with Gasteiger partial charge in [-0.25, -0.2) is 0 Å². The molecule has 0 spiro atoms. The number of benzene rings is 1. The summed E-state index contributed by atoms with van der Waals surface area (Å²) in [5, 5.41) is 4.71. The number of hydrogen-bond acceptors (Lipinski definition) is 2. The molecule has 90 valence electrons. The third kappa shape index (κ3) is 2.08. The molecule has 1 fully saturated rings. The summed E-state index contributed by atoms with van der Waals surface area (Å²) in [7, 11) is 0. The van der Waals surface area contributed by atoms with Crippen molar-refractivity contribution in [1.82, 2.24) is 15.2 Å². The number of fused-ring (bicyclic) bond motifs is 1. The number of hydrogen-bond donors (Lipinski definition) is 2. The lowest BCUT2D eigenvalue weighted by atomic mass is 10.0. The normalized spacial score (nSPS) is 19.6. The van der Waals surface area contributed by atoms with E-state index in [1.807, 2.05) is 6.20 Å². The minimum Gasteiger partial charge on any atom is -0.361 e. The Morgan fingerprint density at radius 2 is 2.00 bits per heavy atom. The second-order valence-electron chi connectivity index (χ2n) is 4.79. The fourth-order valence-corrected chi connectivity index (χ4v) is 2.61. The summed E-state index contributed by atoms with van der Waals surface area (Å²) in [5.41, 5.74) is 2.64. The molecule has 0 amide bonds. The minimum atomic E-state index is 0.511. The number of aromatic amines is 1. The third-order valence-corrected chi connectivity index (χ3v) is 3.76. The first-order chi connectivity index (χ1) is 8.34. The number of nitrogens with zero attached hydrogens (tertiary/aromatic N) is 1. The quantitative estimate of drug-likeness (QED) is 0.826. The van der Waals surface area contributed by atoms with E-state index in [0.29, 0.717) is 6.04 Å². The van der Waals surface area contributed by atoms with E-state index in [9.17, 15) is 0 Å². The maximum Gasteiger partial charge on any atom is 0.0454 e. The molecule has 3 nitrogen and oxygen atoms in total. The topological polar surface area (TPSA) is 31.1 Å². The predicted octanol–water partition coefficient (Wildman–Crippen LogP) is 2.13. The van der Waals surface area contributed by atoms with Crippen LogP contribution < -0.4 is 5.32 Å². The van der Waals surface area contributed by atoms with Crippen LogP contribution in [0.3, 0.4) is 0 Å². The molecule has 0 unspecified atom stereocenters. The molecule has 1 aromatic carbocycles. The van der Waals surface area contributed by atoms with Gasteiger partial charge < -0.3 is 10.3 Å². The zero-order valence-corrected chi connectivity index (χ0v) is 10.2. The highest BCUT2D eigenvalue weighted by atomic mass is 15.2. The zero-order valence-electron chi connectivity index (χ0n) is 10.2. The van der Waals surface area contributed by atoms with Crippen LogP contribution in [0.25, 0.3) is 10.9 Å². The van der Waals surface area contributed by atoms with Crippen LogP contribution in [0.15, 0.2) is 30.5 Å². The van der Waals surface area contributed by atoms with Crippen molar-refractivity contribution >= 4 is 10.9 Å². The van der Waals surface area contributed by atoms with E-state index in [1.165, 1.54) is 16.5 Å². The Hall–Kier alpha value is -1.32. The molecule has 0 radical (unpaired) electrons. The smallest absolute Gasteiger partial charge is 0.0454 e. The molecule has 1 atom stereocenters. The molecule has 0 saturated carbocycles. The Kier molecular flexibility index (Phi) is 2.87. The first-order valence-corrected chi connectivity index (χ1v) is 6.36. The second-order valence-corrected chi connectivity index (χ2v) is 4.79. The molecule has 1 saturated heterocycles. The molecule has 17 heavy (non-hydrogen) atoms. The average Bonchev–Trinajstić information content (AvgIpc) is 2.86. The van der Waals surface area contributed by atoms with Crippen molar-refractivity contribution in [2.24, 2.45) is 0 Å². The van der Waals surface area contributed by atoms with Gasteiger partial charge in [-0.3, -0.25) is 4.90 Å². The molecule has 1 aliphatic rings. The van der Waals surface area contributed by atoms with Crippen molar-refractivity contribution in [2.75, 3.05) is 26.2 Å². The maximum atomic E-state index is 3.40. The lowest BCUT2D eigenvalue weighted by Crippen LogP contribution is -2.44. The van der Waals surface area contributed by atoms with E-state index >= 15 is 0 Å². The van der Waals surface area contributed by atoms with Crippen LogP contribution in [0.5, 0.6) is 0 Å². The fraction of sp³-hybridized carbons (Fsp3) is 0.429. The Balaban J connectivity index is 1.86. The van der Waals surface area contributed by atoms with E-state index in [4.69, 9.17) is 0 Å². The Morgan fingerprint density at radius 3 is 2.82 bits per heavy atom. The van der Waals surface area contributed by atoms with Crippen molar-refractivity contribution in [1.29, 1.82) is 0 Å². The number of H-pyrrole nitrogens is 1. The van der Waals surface area contributed by atoms with Crippen molar-refractivity contribution in [2.45, 2.75) is 13.0 Å². The van der Waals surface area contributed by atoms with Crippen LogP contribution in [0, 0.1) is 0 Å². The molecule has 3 heteroatoms. The van der Waals surface area contributed by atoms with Crippen molar-refractivity contribution < 1.29 is 0 Å². The van der Waals surface area contributed by atoms with Gasteiger partial charge in [-0.15, -0.1) is 0 Å². The van der Waals surface area contributed by atoms with Gasteiger partial charge in [0, 0.05) is 43.9 Å². The average molecular weight is 229 g/mol. The summed E-state index contributed by atoms with van der Waals surface area (Å²) in [6.45, 7) is 6.81. The van der Waals surface area contributed by atoms with Crippen LogP contribution in [0.1, 0.15) is 18.5 Å². The molecular formula is C14H19N3. The lowest BCUT2D eigenvalue weighted by molar-refractivity contribution is 0.185. The number of aromatic nitrogens is 1. The van der Waals surface area contributed by atoms with Crippen LogP contribution in [-0.4, -0.2) is 36.1 Å². The molecule has 0 bridgehead atoms. The second kappa shape index (κ2) is 4.51. The largest absolute Gasteiger partial charge is 0.361 e. The van der Waals surface area contributed by atoms with Crippen molar-refractivity contribution in [3.05, 3.63) is 36.0 Å². The highest BCUT2D eigenvalue weighted by molar-refractivity contribution is 5.80. The van der Waals surface area contributed by atoms with Gasteiger partial charge in [-0.05, 0) is 36.1 Å². The van der Waals surface area contributed by atoms with E-state index in [1.54, 1.807) is 0 Å². The summed E-state index contributed by atoms with van der Waals surface area (Å²) >= 11 is 0. The standard InChI is InChI=1S/C14H19N3/c1-11(17-8-6-15-7-9-17)12-2-3-14-13(10-12)4-5-16-14/h2-5,10-11,15-16H,6-9H2,1H3/t11-/m0/s1. The Morgan fingerprint density at radius 1 is 1.18 bits per heavy atom. The lowest BCUT2D eigenvalue weighted by Gasteiger charge is -2.33. The third-order valence-electron chi connectivity index (χ3n) is 3.76. The van der Waals surface area contributed by atoms with Crippen LogP contribution >= 0.6 is 0 Å². The molecule has 0 aliphatic carbocycles. The molecule has 1 aromatic heterocycles. The molecule has 2 heterocycles. The van der Waals surface area contributed by atoms with Crippen LogP contribution in [0.4, 0.5) is 0 Å². The monoisotopic (exact) mass is 229 g/mol. The highest BCUT2D eigenvalue weighted by Gasteiger charge is 2.17. The summed E-state index contributed by atoms with van der Waals surface area (Å²) in [4.78, 5) is 5.79. The van der Waals surface area contributed by atoms with Gasteiger partial charge in [-0.2, -0.15) is 0 Å². The Bertz CT molecular complexity index is 497. The molecular weight excluding hydrogens is 210 g/mol. The number of rotatable bonds is 2. The Labute approximate surface area is 102 Å². The van der Waals surface area contributed by atoms with E-state index in [0.717, 1.165) is 26.2 Å². The van der Waals surface area contributed by atoms with Gasteiger partial charge in [0.25, 0.3) is 0 Å². The van der Waals surface area contributed by atoms with E-state index in [2.05, 4.69) is 46.4 Å². The first kappa shape index (κ1) is 10.8. The molecule has 2 N–H and O–H groups in total. The summed E-state index contributed by atoms with van der Waals surface area (Å²) < 4.78 is 0. The highest BCUT2D eigenvalue weighted by Crippen LogP contribution is 2.24. The molecule has 2 aromatic rings. The van der Waals surface area contributed by atoms with Crippen LogP contribution in [0.2, 0.25) is 0 Å². The zero-order chi connectivity index (χ0) is 11.7. The molecule has 1 aliphatic heterocycles. The van der Waals surface area contributed by atoms with Gasteiger partial charge in [0.2, 0.25) is 0 Å². The van der Waals surface area contributed by atoms with E-state index < -0.39 is 0 Å². The fourth-order valence-electron chi connectivity index (χ4n) is 2.61. The predicted molar refractivity (Wildman–Crippen MR) is 71.2 cm³/mol. The summed E-state index contributed by atoms with van der Waals surface area (Å²) in [5.74, 6) is 0. The first-order valence-electron chi connectivity index (χ1n) is 6.36. The minimum absolute atomic E-state index is 0.511. The summed E-state index contributed by atoms with van der Waals surface area (Å²) in [6.07, 6.45) is 2.00.